The Bertz CT molecular complexity index is 1870. The highest BCUT2D eigenvalue weighted by atomic mass is 31.2. The molecule has 2 unspecified atom stereocenters. The summed E-state index contributed by atoms with van der Waals surface area (Å²) in [6, 6.07) is 0. The van der Waals surface area contributed by atoms with Crippen LogP contribution in [0.1, 0.15) is 395 Å². The van der Waals surface area contributed by atoms with E-state index in [1.54, 1.807) is 0 Å². The fourth-order valence-corrected chi connectivity index (χ4v) is 13.4. The lowest BCUT2D eigenvalue weighted by atomic mass is 10.0. The maximum absolute atomic E-state index is 13.1. The largest absolute Gasteiger partial charge is 0.472 e. The number of carbonyl (C=O) groups excluding carboxylic acids is 4. The summed E-state index contributed by atoms with van der Waals surface area (Å²) in [6.07, 6.45) is 54.1. The number of hydrogen-bond acceptors (Lipinski definition) is 15. The Hall–Kier alpha value is -1.94. The second-order valence-electron chi connectivity index (χ2n) is 29.2. The van der Waals surface area contributed by atoms with Crippen molar-refractivity contribution in [2.75, 3.05) is 39.6 Å². The van der Waals surface area contributed by atoms with Crippen LogP contribution in [-0.2, 0) is 65.4 Å². The first-order valence-corrected chi connectivity index (χ1v) is 42.8. The van der Waals surface area contributed by atoms with Crippen LogP contribution in [0.15, 0.2) is 0 Å². The second-order valence-corrected chi connectivity index (χ2v) is 32.1. The zero-order chi connectivity index (χ0) is 70.9. The van der Waals surface area contributed by atoms with Gasteiger partial charge in [-0.05, 0) is 43.4 Å². The van der Waals surface area contributed by atoms with Crippen molar-refractivity contribution in [3.05, 3.63) is 0 Å². The molecule has 0 aromatic rings. The molecule has 96 heavy (non-hydrogen) atoms. The highest BCUT2D eigenvalue weighted by Crippen LogP contribution is 2.45. The Morgan fingerprint density at radius 2 is 0.479 bits per heavy atom. The van der Waals surface area contributed by atoms with E-state index in [-0.39, 0.29) is 25.7 Å². The van der Waals surface area contributed by atoms with Crippen LogP contribution in [0.5, 0.6) is 0 Å². The molecule has 0 aliphatic heterocycles. The minimum atomic E-state index is -4.96. The Morgan fingerprint density at radius 3 is 0.708 bits per heavy atom. The van der Waals surface area contributed by atoms with Crippen molar-refractivity contribution in [2.45, 2.75) is 414 Å². The number of phosphoric ester groups is 2. The van der Waals surface area contributed by atoms with Gasteiger partial charge in [-0.1, -0.05) is 344 Å². The molecule has 0 saturated heterocycles. The van der Waals surface area contributed by atoms with E-state index in [1.807, 2.05) is 0 Å². The van der Waals surface area contributed by atoms with Gasteiger partial charge in [-0.3, -0.25) is 37.3 Å². The number of esters is 4. The van der Waals surface area contributed by atoms with E-state index in [4.69, 9.17) is 37.0 Å². The highest BCUT2D eigenvalue weighted by Gasteiger charge is 2.30. The summed E-state index contributed by atoms with van der Waals surface area (Å²) >= 11 is 0. The molecule has 570 valence electrons. The first kappa shape index (κ1) is 94.1. The summed E-state index contributed by atoms with van der Waals surface area (Å²) in [4.78, 5) is 72.8. The smallest absolute Gasteiger partial charge is 0.462 e. The fraction of sp³-hybridized carbons (Fsp3) is 0.948. The molecule has 0 aromatic carbocycles. The van der Waals surface area contributed by atoms with Gasteiger partial charge in [0.05, 0.1) is 26.4 Å². The van der Waals surface area contributed by atoms with Gasteiger partial charge in [0, 0.05) is 25.7 Å². The SMILES string of the molecule is CCCCCCCCCCCCC(=O)OC[C@H](COP(=O)(O)OC[C@H](O)COP(=O)(O)OC[C@@H](COC(=O)CCCCCCCCCCCCCCC(C)C)OC(=O)CCCCCCCCCCCCCCCCCCC(C)C)OC(=O)CCCCCCCCCCCC(C)C. The molecule has 0 aliphatic rings. The lowest BCUT2D eigenvalue weighted by Crippen LogP contribution is -2.30. The minimum Gasteiger partial charge on any atom is -0.462 e. The molecule has 0 amide bonds. The summed E-state index contributed by atoms with van der Waals surface area (Å²) < 4.78 is 68.5. The summed E-state index contributed by atoms with van der Waals surface area (Å²) in [5.41, 5.74) is 0. The van der Waals surface area contributed by atoms with Crippen LogP contribution in [0.2, 0.25) is 0 Å². The van der Waals surface area contributed by atoms with E-state index in [1.165, 1.54) is 205 Å². The Labute approximate surface area is 588 Å². The molecular formula is C77H150O17P2. The zero-order valence-electron chi connectivity index (χ0n) is 62.8. The van der Waals surface area contributed by atoms with E-state index in [9.17, 15) is 43.2 Å². The Morgan fingerprint density at radius 1 is 0.281 bits per heavy atom. The summed E-state index contributed by atoms with van der Waals surface area (Å²) in [5.74, 6) is 0.211. The van der Waals surface area contributed by atoms with Crippen LogP contribution in [-0.4, -0.2) is 96.7 Å². The number of ether oxygens (including phenoxy) is 4. The van der Waals surface area contributed by atoms with Crippen molar-refractivity contribution >= 4 is 39.5 Å². The average Bonchev–Trinajstić information content (AvgIpc) is 1.80. The normalized spacial score (nSPS) is 14.1. The van der Waals surface area contributed by atoms with Crippen molar-refractivity contribution in [2.24, 2.45) is 17.8 Å². The van der Waals surface area contributed by atoms with Crippen molar-refractivity contribution in [1.29, 1.82) is 0 Å². The first-order valence-electron chi connectivity index (χ1n) is 39.8. The highest BCUT2D eigenvalue weighted by molar-refractivity contribution is 7.47. The molecular weight excluding hydrogens is 1260 g/mol. The van der Waals surface area contributed by atoms with Crippen LogP contribution < -0.4 is 0 Å². The standard InChI is InChI=1S/C77H150O17P2/c1-8-9-10-11-12-13-30-37-44-51-58-74(79)87-64-73(94-77(82)61-54-47-40-33-26-29-36-43-50-57-70(6)7)67-92-96(85,86)90-63-71(78)62-89-95(83,84)91-66-72(65-88-75(80)59-52-45-38-31-24-21-20-23-28-35-42-49-56-69(4)5)93-76(81)60-53-46-39-32-25-19-17-15-14-16-18-22-27-34-41-48-55-68(2)3/h68-73,78H,8-67H2,1-7H3,(H,83,84)(H,85,86)/t71-,72-,73-/m1/s1. The monoisotopic (exact) mass is 1410 g/mol. The lowest BCUT2D eigenvalue weighted by molar-refractivity contribution is -0.161. The fourth-order valence-electron chi connectivity index (χ4n) is 11.8. The van der Waals surface area contributed by atoms with Gasteiger partial charge in [0.1, 0.15) is 19.3 Å². The molecule has 17 nitrogen and oxygen atoms in total. The topological polar surface area (TPSA) is 237 Å². The first-order chi connectivity index (χ1) is 46.2. The molecule has 0 heterocycles. The Kier molecular flexibility index (Phi) is 66.2. The van der Waals surface area contributed by atoms with E-state index >= 15 is 0 Å². The predicted molar refractivity (Wildman–Crippen MR) is 391 cm³/mol. The number of unbranched alkanes of at least 4 members (excludes halogenated alkanes) is 43. The Balaban J connectivity index is 5.23. The number of hydrogen-bond donors (Lipinski definition) is 3. The number of rotatable bonds is 75. The molecule has 0 bridgehead atoms. The summed E-state index contributed by atoms with van der Waals surface area (Å²) in [6.45, 7) is 11.9. The van der Waals surface area contributed by atoms with Gasteiger partial charge in [-0.15, -0.1) is 0 Å². The van der Waals surface area contributed by atoms with Gasteiger partial charge in [-0.2, -0.15) is 0 Å². The molecule has 5 atom stereocenters. The number of carbonyl (C=O) groups is 4. The third kappa shape index (κ3) is 70.5. The number of aliphatic hydroxyl groups excluding tert-OH is 1. The molecule has 0 saturated carbocycles. The number of phosphoric acid groups is 2. The quantitative estimate of drug-likeness (QED) is 0.0222. The van der Waals surface area contributed by atoms with Crippen LogP contribution in [0.25, 0.3) is 0 Å². The predicted octanol–water partition coefficient (Wildman–Crippen LogP) is 22.6. The van der Waals surface area contributed by atoms with Gasteiger partial charge >= 0.3 is 39.5 Å². The third-order valence-electron chi connectivity index (χ3n) is 17.9. The van der Waals surface area contributed by atoms with Crippen LogP contribution in [0.3, 0.4) is 0 Å². The molecule has 0 aromatic heterocycles. The minimum absolute atomic E-state index is 0.105. The van der Waals surface area contributed by atoms with Gasteiger partial charge in [0.2, 0.25) is 0 Å². The van der Waals surface area contributed by atoms with E-state index < -0.39 is 97.5 Å². The van der Waals surface area contributed by atoms with E-state index in [0.717, 1.165) is 108 Å². The molecule has 0 spiro atoms. The molecule has 0 rings (SSSR count). The average molecular weight is 1410 g/mol. The van der Waals surface area contributed by atoms with Crippen LogP contribution in [0.4, 0.5) is 0 Å². The molecule has 19 heteroatoms. The van der Waals surface area contributed by atoms with Gasteiger partial charge < -0.3 is 33.8 Å². The van der Waals surface area contributed by atoms with Crippen LogP contribution in [0, 0.1) is 17.8 Å². The van der Waals surface area contributed by atoms with Gasteiger partial charge in [0.15, 0.2) is 12.2 Å². The molecule has 0 radical (unpaired) electrons. The van der Waals surface area contributed by atoms with Crippen molar-refractivity contribution < 1.29 is 80.2 Å². The summed E-state index contributed by atoms with van der Waals surface area (Å²) in [5, 5.41) is 10.6. The molecule has 0 fully saturated rings. The lowest BCUT2D eigenvalue weighted by Gasteiger charge is -2.21. The maximum Gasteiger partial charge on any atom is 0.472 e. The van der Waals surface area contributed by atoms with Crippen LogP contribution >= 0.6 is 15.6 Å². The second kappa shape index (κ2) is 67.5. The van der Waals surface area contributed by atoms with Crippen molar-refractivity contribution in [3.8, 4) is 0 Å². The van der Waals surface area contributed by atoms with Crippen molar-refractivity contribution in [3.63, 3.8) is 0 Å². The van der Waals surface area contributed by atoms with Gasteiger partial charge in [0.25, 0.3) is 0 Å². The molecule has 3 N–H and O–H groups in total. The molecule has 0 aliphatic carbocycles. The summed E-state index contributed by atoms with van der Waals surface area (Å²) in [7, 11) is -9.91. The van der Waals surface area contributed by atoms with Crippen molar-refractivity contribution in [1.82, 2.24) is 0 Å². The van der Waals surface area contributed by atoms with E-state index in [2.05, 4.69) is 48.5 Å². The zero-order valence-corrected chi connectivity index (χ0v) is 64.6. The van der Waals surface area contributed by atoms with E-state index in [0.29, 0.717) is 25.7 Å². The number of aliphatic hydroxyl groups is 1. The van der Waals surface area contributed by atoms with Gasteiger partial charge in [-0.25, -0.2) is 9.13 Å². The maximum atomic E-state index is 13.1. The third-order valence-corrected chi connectivity index (χ3v) is 19.8.